The van der Waals surface area contributed by atoms with Gasteiger partial charge in [-0.15, -0.1) is 0 Å². The Bertz CT molecular complexity index is 1200. The van der Waals surface area contributed by atoms with E-state index in [1.807, 2.05) is 48.5 Å². The number of hydrogen-bond donors (Lipinski definition) is 1. The molecule has 0 radical (unpaired) electrons. The van der Waals surface area contributed by atoms with Crippen LogP contribution in [0.5, 0.6) is 11.5 Å². The van der Waals surface area contributed by atoms with Crippen LogP contribution in [-0.2, 0) is 10.0 Å². The Balaban J connectivity index is 1.53. The highest BCUT2D eigenvalue weighted by Crippen LogP contribution is 2.27. The lowest BCUT2D eigenvalue weighted by Gasteiger charge is -2.10. The standard InChI is InChI=1S/C30H37NO4S/c1-4-5-6-7-8-9-22-36(33,34)31-30(32)27-12-10-25(11-13-27)26-16-20-29(21-17-26)35-28-18-14-24(15-19-28)23(2)3/h10-21,23H,4-9,22H2,1-3H3,(H,31,32). The van der Waals surface area contributed by atoms with Crippen molar-refractivity contribution in [3.05, 3.63) is 83.9 Å². The molecule has 3 aromatic rings. The number of ether oxygens (including phenoxy) is 1. The van der Waals surface area contributed by atoms with E-state index in [2.05, 4.69) is 37.6 Å². The minimum Gasteiger partial charge on any atom is -0.457 e. The predicted molar refractivity (Wildman–Crippen MR) is 147 cm³/mol. The lowest BCUT2D eigenvalue weighted by molar-refractivity contribution is 0.0981. The van der Waals surface area contributed by atoms with E-state index < -0.39 is 15.9 Å². The Labute approximate surface area is 216 Å². The Morgan fingerprint density at radius 1 is 0.750 bits per heavy atom. The molecule has 3 rings (SSSR count). The molecule has 192 valence electrons. The summed E-state index contributed by atoms with van der Waals surface area (Å²) in [4.78, 5) is 12.5. The van der Waals surface area contributed by atoms with Crippen molar-refractivity contribution in [1.29, 1.82) is 0 Å². The number of sulfonamides is 1. The molecule has 0 saturated heterocycles. The summed E-state index contributed by atoms with van der Waals surface area (Å²) in [6, 6.07) is 22.7. The quantitative estimate of drug-likeness (QED) is 0.241. The molecule has 3 aromatic carbocycles. The Hall–Kier alpha value is -3.12. The van der Waals surface area contributed by atoms with Crippen molar-refractivity contribution in [2.75, 3.05) is 5.75 Å². The summed E-state index contributed by atoms with van der Waals surface area (Å²) in [5.41, 5.74) is 3.48. The fourth-order valence-electron chi connectivity index (χ4n) is 3.91. The summed E-state index contributed by atoms with van der Waals surface area (Å²) in [5.74, 6) is 1.38. The molecule has 0 aromatic heterocycles. The fraction of sp³-hybridized carbons (Fsp3) is 0.367. The first-order valence-corrected chi connectivity index (χ1v) is 14.5. The molecule has 36 heavy (non-hydrogen) atoms. The molecule has 0 atom stereocenters. The van der Waals surface area contributed by atoms with Gasteiger partial charge < -0.3 is 4.74 Å². The van der Waals surface area contributed by atoms with Crippen molar-refractivity contribution in [2.45, 2.75) is 65.2 Å². The molecule has 0 aliphatic carbocycles. The number of hydrogen-bond acceptors (Lipinski definition) is 4. The van der Waals surface area contributed by atoms with Crippen molar-refractivity contribution in [2.24, 2.45) is 0 Å². The van der Waals surface area contributed by atoms with Crippen LogP contribution in [0.15, 0.2) is 72.8 Å². The van der Waals surface area contributed by atoms with Gasteiger partial charge in [-0.1, -0.05) is 89.3 Å². The lowest BCUT2D eigenvalue weighted by Crippen LogP contribution is -2.32. The second-order valence-electron chi connectivity index (χ2n) is 9.45. The summed E-state index contributed by atoms with van der Waals surface area (Å²) in [6.07, 6.45) is 5.89. The molecule has 0 heterocycles. The third kappa shape index (κ3) is 8.52. The number of unbranched alkanes of at least 4 members (excludes halogenated alkanes) is 5. The van der Waals surface area contributed by atoms with Gasteiger partial charge in [0.05, 0.1) is 5.75 Å². The van der Waals surface area contributed by atoms with Crippen LogP contribution in [-0.4, -0.2) is 20.1 Å². The summed E-state index contributed by atoms with van der Waals surface area (Å²) < 4.78 is 32.6. The molecule has 1 amide bonds. The minimum atomic E-state index is -3.63. The molecule has 0 spiro atoms. The van der Waals surface area contributed by atoms with Crippen LogP contribution in [0.3, 0.4) is 0 Å². The first-order valence-electron chi connectivity index (χ1n) is 12.8. The maximum absolute atomic E-state index is 12.5. The fourth-order valence-corrected chi connectivity index (χ4v) is 5.00. The number of benzene rings is 3. The largest absolute Gasteiger partial charge is 0.457 e. The van der Waals surface area contributed by atoms with Crippen LogP contribution < -0.4 is 9.46 Å². The van der Waals surface area contributed by atoms with Gasteiger partial charge in [0.1, 0.15) is 11.5 Å². The van der Waals surface area contributed by atoms with Gasteiger partial charge in [0.15, 0.2) is 0 Å². The highest BCUT2D eigenvalue weighted by Gasteiger charge is 2.16. The molecule has 0 saturated carbocycles. The van der Waals surface area contributed by atoms with Gasteiger partial charge in [-0.3, -0.25) is 4.79 Å². The van der Waals surface area contributed by atoms with Crippen LogP contribution in [0, 0.1) is 0 Å². The molecule has 0 aliphatic rings. The van der Waals surface area contributed by atoms with Crippen molar-refractivity contribution >= 4 is 15.9 Å². The summed E-state index contributed by atoms with van der Waals surface area (Å²) in [7, 11) is -3.63. The van der Waals surface area contributed by atoms with Crippen LogP contribution >= 0.6 is 0 Å². The van der Waals surface area contributed by atoms with E-state index in [0.717, 1.165) is 48.3 Å². The smallest absolute Gasteiger partial charge is 0.264 e. The molecular weight excluding hydrogens is 470 g/mol. The number of rotatable bonds is 13. The molecule has 5 nitrogen and oxygen atoms in total. The van der Waals surface area contributed by atoms with Crippen LogP contribution in [0.2, 0.25) is 0 Å². The molecule has 0 fully saturated rings. The molecule has 0 aliphatic heterocycles. The molecular formula is C30H37NO4S. The molecule has 6 heteroatoms. The number of carbonyl (C=O) groups is 1. The zero-order chi connectivity index (χ0) is 26.0. The average molecular weight is 508 g/mol. The van der Waals surface area contributed by atoms with E-state index >= 15 is 0 Å². The zero-order valence-corrected chi connectivity index (χ0v) is 22.3. The van der Waals surface area contributed by atoms with Crippen LogP contribution in [0.4, 0.5) is 0 Å². The van der Waals surface area contributed by atoms with Crippen molar-refractivity contribution in [3.63, 3.8) is 0 Å². The highest BCUT2D eigenvalue weighted by molar-refractivity contribution is 7.90. The zero-order valence-electron chi connectivity index (χ0n) is 21.5. The van der Waals surface area contributed by atoms with Crippen molar-refractivity contribution < 1.29 is 17.9 Å². The Morgan fingerprint density at radius 3 is 1.81 bits per heavy atom. The van der Waals surface area contributed by atoms with Gasteiger partial charge in [0.25, 0.3) is 5.91 Å². The first-order chi connectivity index (χ1) is 17.3. The van der Waals surface area contributed by atoms with Gasteiger partial charge in [-0.25, -0.2) is 13.1 Å². The third-order valence-electron chi connectivity index (χ3n) is 6.13. The topological polar surface area (TPSA) is 72.5 Å². The maximum Gasteiger partial charge on any atom is 0.264 e. The number of carbonyl (C=O) groups excluding carboxylic acids is 1. The normalized spacial score (nSPS) is 11.4. The minimum absolute atomic E-state index is 0.0285. The van der Waals surface area contributed by atoms with E-state index in [1.165, 1.54) is 12.0 Å². The molecule has 0 unspecified atom stereocenters. The van der Waals surface area contributed by atoms with Gasteiger partial charge in [0.2, 0.25) is 10.0 Å². The van der Waals surface area contributed by atoms with Gasteiger partial charge in [-0.05, 0) is 65.4 Å². The highest BCUT2D eigenvalue weighted by atomic mass is 32.2. The summed E-state index contributed by atoms with van der Waals surface area (Å²) in [6.45, 7) is 6.46. The van der Waals surface area contributed by atoms with E-state index in [9.17, 15) is 13.2 Å². The predicted octanol–water partition coefficient (Wildman–Crippen LogP) is 7.69. The number of amides is 1. The monoisotopic (exact) mass is 507 g/mol. The van der Waals surface area contributed by atoms with Gasteiger partial charge in [0, 0.05) is 5.56 Å². The second-order valence-corrected chi connectivity index (χ2v) is 11.3. The van der Waals surface area contributed by atoms with E-state index in [0.29, 0.717) is 17.9 Å². The van der Waals surface area contributed by atoms with E-state index in [1.54, 1.807) is 12.1 Å². The van der Waals surface area contributed by atoms with E-state index in [4.69, 9.17) is 4.74 Å². The summed E-state index contributed by atoms with van der Waals surface area (Å²) >= 11 is 0. The lowest BCUT2D eigenvalue weighted by atomic mass is 10.0. The Morgan fingerprint density at radius 2 is 1.25 bits per heavy atom. The average Bonchev–Trinajstić information content (AvgIpc) is 2.87. The molecule has 0 bridgehead atoms. The van der Waals surface area contributed by atoms with Crippen LogP contribution in [0.25, 0.3) is 11.1 Å². The first kappa shape index (κ1) is 27.5. The van der Waals surface area contributed by atoms with E-state index in [-0.39, 0.29) is 5.75 Å². The third-order valence-corrected chi connectivity index (χ3v) is 7.45. The number of nitrogens with one attached hydrogen (secondary N) is 1. The second kappa shape index (κ2) is 13.3. The van der Waals surface area contributed by atoms with Crippen molar-refractivity contribution in [3.8, 4) is 22.6 Å². The SMILES string of the molecule is CCCCCCCCS(=O)(=O)NC(=O)c1ccc(-c2ccc(Oc3ccc(C(C)C)cc3)cc2)cc1. The van der Waals surface area contributed by atoms with Gasteiger partial charge >= 0.3 is 0 Å². The molecule has 1 N–H and O–H groups in total. The van der Waals surface area contributed by atoms with Crippen LogP contribution in [0.1, 0.15) is 81.1 Å². The maximum atomic E-state index is 12.5. The Kier molecular flexibility index (Phi) is 10.1. The van der Waals surface area contributed by atoms with Crippen molar-refractivity contribution in [1.82, 2.24) is 4.72 Å². The van der Waals surface area contributed by atoms with Gasteiger partial charge in [-0.2, -0.15) is 0 Å². The summed E-state index contributed by atoms with van der Waals surface area (Å²) in [5, 5.41) is 0.